The Balaban J connectivity index is 1.36. The molecule has 0 radical (unpaired) electrons. The molecular weight excluding hydrogens is 371 g/mol. The zero-order valence-corrected chi connectivity index (χ0v) is 15.3. The molecule has 1 aromatic heterocycles. The molecule has 4 nitrogen and oxygen atoms in total. The van der Waals surface area contributed by atoms with Crippen LogP contribution in [0.15, 0.2) is 52.9 Å². The smallest absolute Gasteiger partial charge is 0.231 e. The zero-order valence-electron chi connectivity index (χ0n) is 13.7. The van der Waals surface area contributed by atoms with Crippen LogP contribution in [0.5, 0.6) is 5.75 Å². The Morgan fingerprint density at radius 3 is 2.85 bits per heavy atom. The number of carbonyl (C=O) groups is 1. The van der Waals surface area contributed by atoms with Crippen LogP contribution in [0.3, 0.4) is 0 Å². The second-order valence-corrected chi connectivity index (χ2v) is 7.34. The molecule has 0 aliphatic rings. The zero-order chi connectivity index (χ0) is 18.2. The lowest BCUT2D eigenvalue weighted by Gasteiger charge is -2.02. The van der Waals surface area contributed by atoms with Gasteiger partial charge in [0.15, 0.2) is 15.9 Å². The highest BCUT2D eigenvalue weighted by atomic mass is 32.2. The van der Waals surface area contributed by atoms with Crippen molar-refractivity contribution in [3.63, 3.8) is 0 Å². The van der Waals surface area contributed by atoms with Crippen LogP contribution in [0, 0.1) is 17.7 Å². The number of amides is 1. The summed E-state index contributed by atoms with van der Waals surface area (Å²) in [6.45, 7) is 0.289. The summed E-state index contributed by atoms with van der Waals surface area (Å²) in [4.78, 5) is 16.3. The maximum atomic E-state index is 13.3. The lowest BCUT2D eigenvalue weighted by Crippen LogP contribution is -2.25. The number of aromatic nitrogens is 1. The predicted molar refractivity (Wildman–Crippen MR) is 103 cm³/mol. The van der Waals surface area contributed by atoms with E-state index >= 15 is 0 Å². The van der Waals surface area contributed by atoms with Gasteiger partial charge in [0, 0.05) is 0 Å². The number of fused-ring (bicyclic) bond motifs is 1. The Morgan fingerprint density at radius 2 is 2.00 bits per heavy atom. The number of rotatable bonds is 6. The maximum absolute atomic E-state index is 13.3. The molecule has 0 spiro atoms. The standard InChI is InChI=1S/C19H15FN2O2S2/c20-14-7-1-3-9-16(14)24-12-6-5-11-21-18(23)13-25-19-22-15-8-2-4-10-17(15)26-19/h1-4,7-10H,11-13H2,(H,21,23). The number of halogens is 1. The van der Waals surface area contributed by atoms with Crippen LogP contribution in [0.4, 0.5) is 4.39 Å². The lowest BCUT2D eigenvalue weighted by atomic mass is 10.3. The molecular formula is C19H15FN2O2S2. The van der Waals surface area contributed by atoms with E-state index < -0.39 is 5.82 Å². The van der Waals surface area contributed by atoms with Gasteiger partial charge in [-0.05, 0) is 24.3 Å². The van der Waals surface area contributed by atoms with Gasteiger partial charge in [0.05, 0.1) is 22.5 Å². The van der Waals surface area contributed by atoms with Gasteiger partial charge < -0.3 is 10.1 Å². The van der Waals surface area contributed by atoms with Gasteiger partial charge in [-0.3, -0.25) is 4.79 Å². The van der Waals surface area contributed by atoms with Gasteiger partial charge in [-0.1, -0.05) is 47.9 Å². The summed E-state index contributed by atoms with van der Waals surface area (Å²) in [5.41, 5.74) is 0.945. The Kier molecular flexibility index (Phi) is 6.47. The quantitative estimate of drug-likeness (QED) is 0.518. The van der Waals surface area contributed by atoms with Crippen LogP contribution in [-0.2, 0) is 4.79 Å². The first-order valence-corrected chi connectivity index (χ1v) is 9.61. The Hall–Kier alpha value is -2.56. The first kappa shape index (κ1) is 18.2. The van der Waals surface area contributed by atoms with Crippen molar-refractivity contribution in [2.75, 3.05) is 18.9 Å². The summed E-state index contributed by atoms with van der Waals surface area (Å²) in [7, 11) is 0. The average Bonchev–Trinajstić information content (AvgIpc) is 3.07. The van der Waals surface area contributed by atoms with Crippen molar-refractivity contribution in [2.45, 2.75) is 4.34 Å². The molecule has 2 aromatic carbocycles. The van der Waals surface area contributed by atoms with E-state index in [1.165, 1.54) is 23.9 Å². The third-order valence-corrected chi connectivity index (χ3v) is 5.42. The Bertz CT molecular complexity index is 930. The number of benzene rings is 2. The van der Waals surface area contributed by atoms with Crippen molar-refractivity contribution in [1.29, 1.82) is 0 Å². The van der Waals surface area contributed by atoms with E-state index in [0.29, 0.717) is 0 Å². The van der Waals surface area contributed by atoms with Gasteiger partial charge in [0.25, 0.3) is 0 Å². The van der Waals surface area contributed by atoms with E-state index in [2.05, 4.69) is 22.1 Å². The van der Waals surface area contributed by atoms with Crippen LogP contribution in [0.1, 0.15) is 0 Å². The van der Waals surface area contributed by atoms with Crippen molar-refractivity contribution in [3.05, 3.63) is 54.3 Å². The second kappa shape index (κ2) is 9.22. The summed E-state index contributed by atoms with van der Waals surface area (Å²) in [6.07, 6.45) is 0. The molecule has 0 fully saturated rings. The van der Waals surface area contributed by atoms with Gasteiger partial charge in [0.2, 0.25) is 5.91 Å². The number of carbonyl (C=O) groups excluding carboxylic acids is 1. The van der Waals surface area contributed by atoms with Crippen LogP contribution in [0.25, 0.3) is 10.2 Å². The summed E-state index contributed by atoms with van der Waals surface area (Å²) in [5.74, 6) is 5.43. The Morgan fingerprint density at radius 1 is 1.19 bits per heavy atom. The number of thiazole rings is 1. The van der Waals surface area contributed by atoms with E-state index in [-0.39, 0.29) is 30.6 Å². The summed E-state index contributed by atoms with van der Waals surface area (Å²) >= 11 is 2.97. The molecule has 7 heteroatoms. The number of hydrogen-bond donors (Lipinski definition) is 1. The fourth-order valence-electron chi connectivity index (χ4n) is 2.02. The lowest BCUT2D eigenvalue weighted by molar-refractivity contribution is -0.118. The molecule has 0 aliphatic carbocycles. The molecule has 0 saturated heterocycles. The number of nitrogens with zero attached hydrogens (tertiary/aromatic N) is 1. The number of para-hydroxylation sites is 2. The number of hydrogen-bond acceptors (Lipinski definition) is 5. The summed E-state index contributed by atoms with van der Waals surface area (Å²) in [5, 5.41) is 2.71. The highest BCUT2D eigenvalue weighted by Crippen LogP contribution is 2.28. The van der Waals surface area contributed by atoms with Gasteiger partial charge in [-0.15, -0.1) is 11.3 Å². The molecule has 132 valence electrons. The molecule has 0 aliphatic heterocycles. The topological polar surface area (TPSA) is 51.2 Å². The van der Waals surface area contributed by atoms with Gasteiger partial charge in [-0.25, -0.2) is 9.37 Å². The Labute approximate surface area is 158 Å². The van der Waals surface area contributed by atoms with Gasteiger partial charge in [-0.2, -0.15) is 0 Å². The predicted octanol–water partition coefficient (Wildman–Crippen LogP) is 3.73. The maximum Gasteiger partial charge on any atom is 0.231 e. The molecule has 1 N–H and O–H groups in total. The number of nitrogens with one attached hydrogen (secondary N) is 1. The molecule has 3 rings (SSSR count). The van der Waals surface area contributed by atoms with Crippen LogP contribution < -0.4 is 10.1 Å². The first-order valence-electron chi connectivity index (χ1n) is 7.80. The van der Waals surface area contributed by atoms with Crippen molar-refractivity contribution < 1.29 is 13.9 Å². The molecule has 1 heterocycles. The van der Waals surface area contributed by atoms with Crippen molar-refractivity contribution in [2.24, 2.45) is 0 Å². The van der Waals surface area contributed by atoms with Gasteiger partial charge >= 0.3 is 0 Å². The molecule has 3 aromatic rings. The molecule has 0 unspecified atom stereocenters. The van der Waals surface area contributed by atoms with Crippen LogP contribution in [0.2, 0.25) is 0 Å². The fraction of sp³-hybridized carbons (Fsp3) is 0.158. The molecule has 26 heavy (non-hydrogen) atoms. The molecule has 0 saturated carbocycles. The highest BCUT2D eigenvalue weighted by Gasteiger charge is 2.06. The van der Waals surface area contributed by atoms with E-state index in [0.717, 1.165) is 14.6 Å². The normalized spacial score (nSPS) is 10.2. The minimum Gasteiger partial charge on any atom is -0.478 e. The number of thioether (sulfide) groups is 1. The van der Waals surface area contributed by atoms with E-state index in [9.17, 15) is 9.18 Å². The fourth-order valence-corrected chi connectivity index (χ4v) is 3.92. The van der Waals surface area contributed by atoms with Crippen LogP contribution in [-0.4, -0.2) is 29.8 Å². The van der Waals surface area contributed by atoms with Crippen LogP contribution >= 0.6 is 23.1 Å². The van der Waals surface area contributed by atoms with Gasteiger partial charge in [0.1, 0.15) is 6.61 Å². The number of ether oxygens (including phenoxy) is 1. The third kappa shape index (κ3) is 5.22. The molecule has 0 bridgehead atoms. The summed E-state index contributed by atoms with van der Waals surface area (Å²) in [6, 6.07) is 14.0. The minimum atomic E-state index is -0.422. The monoisotopic (exact) mass is 386 g/mol. The van der Waals surface area contributed by atoms with Crippen molar-refractivity contribution >= 4 is 39.2 Å². The van der Waals surface area contributed by atoms with Crippen molar-refractivity contribution in [1.82, 2.24) is 10.3 Å². The third-order valence-electron chi connectivity index (χ3n) is 3.24. The molecule has 1 amide bonds. The SMILES string of the molecule is O=C(CSc1nc2ccccc2s1)NCC#CCOc1ccccc1F. The summed E-state index contributed by atoms with van der Waals surface area (Å²) < 4.78 is 20.5. The van der Waals surface area contributed by atoms with E-state index in [1.807, 2.05) is 24.3 Å². The first-order chi connectivity index (χ1) is 12.7. The highest BCUT2D eigenvalue weighted by molar-refractivity contribution is 8.01. The molecule has 0 atom stereocenters. The largest absolute Gasteiger partial charge is 0.478 e. The van der Waals surface area contributed by atoms with E-state index in [1.54, 1.807) is 23.5 Å². The van der Waals surface area contributed by atoms with E-state index in [4.69, 9.17) is 4.74 Å². The minimum absolute atomic E-state index is 0.0667. The average molecular weight is 386 g/mol. The van der Waals surface area contributed by atoms with Crippen molar-refractivity contribution in [3.8, 4) is 17.6 Å². The second-order valence-electron chi connectivity index (χ2n) is 5.09.